The highest BCUT2D eigenvalue weighted by Gasteiger charge is 2.33. The van der Waals surface area contributed by atoms with Crippen molar-refractivity contribution in [3.05, 3.63) is 0 Å². The first-order valence-corrected chi connectivity index (χ1v) is 6.52. The van der Waals surface area contributed by atoms with Crippen molar-refractivity contribution in [1.82, 2.24) is 5.32 Å². The maximum atomic E-state index is 3.68. The third-order valence-electron chi connectivity index (χ3n) is 2.35. The molecule has 1 spiro atoms. The molecule has 2 aliphatic rings. The molecule has 1 atom stereocenters. The van der Waals surface area contributed by atoms with E-state index in [0.717, 1.165) is 0 Å². The Morgan fingerprint density at radius 2 is 2.18 bits per heavy atom. The summed E-state index contributed by atoms with van der Waals surface area (Å²) in [5.74, 6) is 4.08. The molecule has 0 aromatic carbocycles. The second-order valence-corrected chi connectivity index (χ2v) is 5.86. The molecule has 2 aliphatic heterocycles. The van der Waals surface area contributed by atoms with Crippen LogP contribution in [0.3, 0.4) is 0 Å². The molecule has 3 heteroatoms. The van der Waals surface area contributed by atoms with Gasteiger partial charge in [0.15, 0.2) is 0 Å². The fourth-order valence-corrected chi connectivity index (χ4v) is 4.55. The largest absolute Gasteiger partial charge is 0.302 e. The first-order valence-electron chi connectivity index (χ1n) is 4.38. The second-order valence-electron chi connectivity index (χ2n) is 3.28. The van der Waals surface area contributed by atoms with Gasteiger partial charge in [-0.3, -0.25) is 0 Å². The van der Waals surface area contributed by atoms with Gasteiger partial charge in [0.2, 0.25) is 0 Å². The lowest BCUT2D eigenvalue weighted by molar-refractivity contribution is 0.452. The van der Waals surface area contributed by atoms with Crippen LogP contribution in [0.4, 0.5) is 0 Å². The Morgan fingerprint density at radius 1 is 1.18 bits per heavy atom. The van der Waals surface area contributed by atoms with Gasteiger partial charge in [0.1, 0.15) is 0 Å². The van der Waals surface area contributed by atoms with Crippen molar-refractivity contribution in [2.45, 2.75) is 24.1 Å². The zero-order valence-electron chi connectivity index (χ0n) is 6.77. The van der Waals surface area contributed by atoms with Crippen molar-refractivity contribution in [3.63, 3.8) is 0 Å². The highest BCUT2D eigenvalue weighted by Crippen LogP contribution is 2.38. The third kappa shape index (κ3) is 1.87. The van der Waals surface area contributed by atoms with Crippen molar-refractivity contribution < 1.29 is 0 Å². The van der Waals surface area contributed by atoms with Crippen LogP contribution in [0.25, 0.3) is 0 Å². The summed E-state index contributed by atoms with van der Waals surface area (Å²) in [7, 11) is 0. The molecule has 0 amide bonds. The Kier molecular flexibility index (Phi) is 2.69. The molecule has 64 valence electrons. The average molecular weight is 189 g/mol. The van der Waals surface area contributed by atoms with Crippen LogP contribution in [0.2, 0.25) is 0 Å². The standard InChI is InChI=1S/C8H15NS2/c1-3-8(7-10-5-1)9-4-2-6-11-8/h9H,1-7H2. The average Bonchev–Trinajstić information content (AvgIpc) is 2.07. The molecule has 2 fully saturated rings. The molecule has 0 aromatic rings. The maximum Gasteiger partial charge on any atom is 0.0736 e. The van der Waals surface area contributed by atoms with E-state index in [-0.39, 0.29) is 0 Å². The van der Waals surface area contributed by atoms with E-state index in [9.17, 15) is 0 Å². The van der Waals surface area contributed by atoms with Crippen LogP contribution in [-0.2, 0) is 0 Å². The number of hydrogen-bond donors (Lipinski definition) is 1. The SMILES string of the molecule is C1CNC2(CCCSC2)SC1. The van der Waals surface area contributed by atoms with Crippen molar-refractivity contribution in [2.24, 2.45) is 0 Å². The minimum absolute atomic E-state index is 0.487. The summed E-state index contributed by atoms with van der Waals surface area (Å²) in [6, 6.07) is 0. The molecule has 0 radical (unpaired) electrons. The summed E-state index contributed by atoms with van der Waals surface area (Å²) >= 11 is 4.27. The fourth-order valence-electron chi connectivity index (χ4n) is 1.73. The summed E-state index contributed by atoms with van der Waals surface area (Å²) in [6.07, 6.45) is 4.16. The molecule has 1 nitrogen and oxygen atoms in total. The molecule has 0 aliphatic carbocycles. The van der Waals surface area contributed by atoms with E-state index < -0.39 is 0 Å². The minimum Gasteiger partial charge on any atom is -0.302 e. The van der Waals surface area contributed by atoms with Gasteiger partial charge < -0.3 is 5.32 Å². The van der Waals surface area contributed by atoms with Gasteiger partial charge in [0.25, 0.3) is 0 Å². The van der Waals surface area contributed by atoms with Crippen LogP contribution in [0, 0.1) is 0 Å². The smallest absolute Gasteiger partial charge is 0.0736 e. The van der Waals surface area contributed by atoms with E-state index in [2.05, 4.69) is 28.8 Å². The topological polar surface area (TPSA) is 12.0 Å². The van der Waals surface area contributed by atoms with Gasteiger partial charge in [-0.25, -0.2) is 0 Å². The number of rotatable bonds is 0. The van der Waals surface area contributed by atoms with Crippen molar-refractivity contribution >= 4 is 23.5 Å². The highest BCUT2D eigenvalue weighted by molar-refractivity contribution is 8.04. The quantitative estimate of drug-likeness (QED) is 0.625. The maximum absolute atomic E-state index is 3.68. The molecule has 0 saturated carbocycles. The van der Waals surface area contributed by atoms with Crippen LogP contribution in [0.15, 0.2) is 0 Å². The van der Waals surface area contributed by atoms with Gasteiger partial charge in [-0.1, -0.05) is 0 Å². The van der Waals surface area contributed by atoms with E-state index in [1.807, 2.05) is 0 Å². The molecule has 1 unspecified atom stereocenters. The Labute approximate surface area is 77.1 Å². The lowest BCUT2D eigenvalue weighted by atomic mass is 10.1. The van der Waals surface area contributed by atoms with E-state index in [0.29, 0.717) is 4.87 Å². The number of hydrogen-bond acceptors (Lipinski definition) is 3. The summed E-state index contributed by atoms with van der Waals surface area (Å²) < 4.78 is 0. The summed E-state index contributed by atoms with van der Waals surface area (Å²) in [6.45, 7) is 1.24. The number of thioether (sulfide) groups is 2. The van der Waals surface area contributed by atoms with E-state index in [1.165, 1.54) is 43.1 Å². The lowest BCUT2D eigenvalue weighted by Crippen LogP contribution is -2.49. The number of nitrogens with one attached hydrogen (secondary N) is 1. The molecule has 0 aromatic heterocycles. The van der Waals surface area contributed by atoms with Crippen LogP contribution in [-0.4, -0.2) is 28.7 Å². The van der Waals surface area contributed by atoms with Crippen LogP contribution < -0.4 is 5.32 Å². The Morgan fingerprint density at radius 3 is 2.82 bits per heavy atom. The van der Waals surface area contributed by atoms with Gasteiger partial charge in [-0.15, -0.1) is 11.8 Å². The molecule has 2 saturated heterocycles. The van der Waals surface area contributed by atoms with Crippen LogP contribution in [0.1, 0.15) is 19.3 Å². The molecule has 2 rings (SSSR count). The fraction of sp³-hybridized carbons (Fsp3) is 1.00. The monoisotopic (exact) mass is 189 g/mol. The molecule has 1 N–H and O–H groups in total. The zero-order chi connectivity index (χ0) is 7.57. The highest BCUT2D eigenvalue weighted by atomic mass is 32.2. The zero-order valence-corrected chi connectivity index (χ0v) is 8.40. The van der Waals surface area contributed by atoms with Gasteiger partial charge >= 0.3 is 0 Å². The van der Waals surface area contributed by atoms with Gasteiger partial charge in [0.05, 0.1) is 4.87 Å². The summed E-state index contributed by atoms with van der Waals surface area (Å²) in [5, 5.41) is 3.68. The Bertz CT molecular complexity index is 107. The van der Waals surface area contributed by atoms with Crippen LogP contribution in [0.5, 0.6) is 0 Å². The summed E-state index contributed by atoms with van der Waals surface area (Å²) in [5.41, 5.74) is 0. The van der Waals surface area contributed by atoms with Gasteiger partial charge in [0, 0.05) is 5.75 Å². The van der Waals surface area contributed by atoms with Crippen molar-refractivity contribution in [3.8, 4) is 0 Å². The molecule has 2 heterocycles. The second kappa shape index (κ2) is 3.58. The Balaban J connectivity index is 1.94. The minimum atomic E-state index is 0.487. The predicted octanol–water partition coefficient (Wildman–Crippen LogP) is 1.94. The molecular formula is C8H15NS2. The van der Waals surface area contributed by atoms with E-state index in [1.54, 1.807) is 0 Å². The predicted molar refractivity (Wildman–Crippen MR) is 54.4 cm³/mol. The van der Waals surface area contributed by atoms with Crippen molar-refractivity contribution in [1.29, 1.82) is 0 Å². The first-order chi connectivity index (χ1) is 5.41. The van der Waals surface area contributed by atoms with Crippen LogP contribution >= 0.6 is 23.5 Å². The van der Waals surface area contributed by atoms with E-state index in [4.69, 9.17) is 0 Å². The third-order valence-corrected chi connectivity index (χ3v) is 5.35. The van der Waals surface area contributed by atoms with Crippen molar-refractivity contribution in [2.75, 3.05) is 23.8 Å². The first kappa shape index (κ1) is 8.27. The van der Waals surface area contributed by atoms with Gasteiger partial charge in [-0.2, -0.15) is 11.8 Å². The lowest BCUT2D eigenvalue weighted by Gasteiger charge is -2.40. The van der Waals surface area contributed by atoms with Gasteiger partial charge in [-0.05, 0) is 37.3 Å². The Hall–Kier alpha value is 0.660. The summed E-state index contributed by atoms with van der Waals surface area (Å²) in [4.78, 5) is 0.487. The normalized spacial score (nSPS) is 39.3. The molecule has 0 bridgehead atoms. The molecular weight excluding hydrogens is 174 g/mol. The molecule has 11 heavy (non-hydrogen) atoms. The van der Waals surface area contributed by atoms with E-state index >= 15 is 0 Å².